The van der Waals surface area contributed by atoms with E-state index in [1.165, 1.54) is 0 Å². The Bertz CT molecular complexity index is 407. The lowest BCUT2D eigenvalue weighted by Crippen LogP contribution is -2.25. The molecule has 0 aliphatic carbocycles. The van der Waals surface area contributed by atoms with Crippen molar-refractivity contribution in [2.75, 3.05) is 6.61 Å². The van der Waals surface area contributed by atoms with Crippen LogP contribution in [-0.2, 0) is 0 Å². The number of para-hydroxylation sites is 2. The third-order valence-electron chi connectivity index (χ3n) is 2.63. The van der Waals surface area contributed by atoms with Gasteiger partial charge in [-0.2, -0.15) is 0 Å². The molecule has 5 heteroatoms. The van der Waals surface area contributed by atoms with Crippen molar-refractivity contribution in [2.24, 2.45) is 10.9 Å². The minimum absolute atomic E-state index is 0.137. The highest BCUT2D eigenvalue weighted by molar-refractivity contribution is 5.80. The number of rotatable bonds is 8. The maximum absolute atomic E-state index is 8.60. The molecule has 0 aliphatic rings. The molecular formula is C14H22N2O3. The smallest absolute Gasteiger partial charge is 0.161 e. The Hall–Kier alpha value is -1.91. The summed E-state index contributed by atoms with van der Waals surface area (Å²) in [5, 5.41) is 11.6. The molecular weight excluding hydrogens is 244 g/mol. The fourth-order valence-corrected chi connectivity index (χ4v) is 1.60. The molecule has 1 unspecified atom stereocenters. The van der Waals surface area contributed by atoms with Crippen molar-refractivity contribution in [3.8, 4) is 11.5 Å². The van der Waals surface area contributed by atoms with Gasteiger partial charge in [-0.05, 0) is 25.0 Å². The van der Waals surface area contributed by atoms with E-state index in [0.29, 0.717) is 18.8 Å². The largest absolute Gasteiger partial charge is 0.490 e. The summed E-state index contributed by atoms with van der Waals surface area (Å²) in [5.74, 6) is 1.58. The highest BCUT2D eigenvalue weighted by Gasteiger charge is 2.13. The van der Waals surface area contributed by atoms with Gasteiger partial charge in [-0.3, -0.25) is 0 Å². The molecule has 3 N–H and O–H groups in total. The Morgan fingerprint density at radius 1 is 1.32 bits per heavy atom. The van der Waals surface area contributed by atoms with Crippen molar-refractivity contribution in [1.29, 1.82) is 0 Å². The predicted molar refractivity (Wildman–Crippen MR) is 75.0 cm³/mol. The Kier molecular flexibility index (Phi) is 6.57. The molecule has 1 aromatic rings. The topological polar surface area (TPSA) is 77.1 Å². The van der Waals surface area contributed by atoms with E-state index in [4.69, 9.17) is 20.4 Å². The minimum Gasteiger partial charge on any atom is -0.490 e. The monoisotopic (exact) mass is 266 g/mol. The minimum atomic E-state index is -0.137. The van der Waals surface area contributed by atoms with Gasteiger partial charge in [0.2, 0.25) is 0 Å². The Morgan fingerprint density at radius 2 is 2.00 bits per heavy atom. The second kappa shape index (κ2) is 8.24. The molecule has 0 spiro atoms. The molecule has 0 amide bonds. The number of hydrogen-bond donors (Lipinski definition) is 2. The molecule has 0 aromatic heterocycles. The molecule has 0 heterocycles. The number of amidine groups is 1. The van der Waals surface area contributed by atoms with E-state index >= 15 is 0 Å². The molecule has 5 nitrogen and oxygen atoms in total. The number of nitrogens with zero attached hydrogens (tertiary/aromatic N) is 1. The summed E-state index contributed by atoms with van der Waals surface area (Å²) in [4.78, 5) is 0. The third kappa shape index (κ3) is 5.07. The number of hydrogen-bond acceptors (Lipinski definition) is 4. The van der Waals surface area contributed by atoms with Crippen molar-refractivity contribution in [1.82, 2.24) is 0 Å². The predicted octanol–water partition coefficient (Wildman–Crippen LogP) is 2.77. The summed E-state index contributed by atoms with van der Waals surface area (Å²) in [6.07, 6.45) is 1.95. The number of benzene rings is 1. The summed E-state index contributed by atoms with van der Waals surface area (Å²) in [5.41, 5.74) is 5.51. The summed E-state index contributed by atoms with van der Waals surface area (Å²) in [7, 11) is 0. The van der Waals surface area contributed by atoms with Gasteiger partial charge < -0.3 is 20.4 Å². The van der Waals surface area contributed by atoms with Gasteiger partial charge in [-0.1, -0.05) is 31.1 Å². The Balaban J connectivity index is 2.73. The first kappa shape index (κ1) is 15.1. The van der Waals surface area contributed by atoms with Gasteiger partial charge >= 0.3 is 0 Å². The zero-order valence-corrected chi connectivity index (χ0v) is 11.5. The van der Waals surface area contributed by atoms with Crippen LogP contribution in [0.5, 0.6) is 11.5 Å². The van der Waals surface area contributed by atoms with Crippen molar-refractivity contribution < 1.29 is 14.7 Å². The van der Waals surface area contributed by atoms with Crippen LogP contribution in [0.3, 0.4) is 0 Å². The maximum atomic E-state index is 8.60. The molecule has 1 atom stereocenters. The van der Waals surface area contributed by atoms with Crippen molar-refractivity contribution in [3.63, 3.8) is 0 Å². The van der Waals surface area contributed by atoms with E-state index in [1.807, 2.05) is 31.2 Å². The van der Waals surface area contributed by atoms with Crippen LogP contribution in [0.15, 0.2) is 29.4 Å². The normalized spacial score (nSPS) is 13.1. The number of ether oxygens (including phenoxy) is 2. The zero-order valence-electron chi connectivity index (χ0n) is 11.5. The number of nitrogens with two attached hydrogens (primary N) is 1. The highest BCUT2D eigenvalue weighted by Crippen LogP contribution is 2.28. The summed E-state index contributed by atoms with van der Waals surface area (Å²) >= 11 is 0. The van der Waals surface area contributed by atoms with Crippen LogP contribution < -0.4 is 15.2 Å². The zero-order chi connectivity index (χ0) is 14.1. The molecule has 0 saturated carbocycles. The lowest BCUT2D eigenvalue weighted by molar-refractivity contribution is 0.189. The summed E-state index contributed by atoms with van der Waals surface area (Å²) in [6, 6.07) is 7.54. The standard InChI is InChI=1S/C14H22N2O3/c1-3-9-18-12-7-5-6-8-13(12)19-11(4-2)10-14(15)16-17/h5-8,11,17H,3-4,9-10H2,1-2H3,(H2,15,16). The molecule has 0 bridgehead atoms. The second-order valence-electron chi connectivity index (χ2n) is 4.24. The van der Waals surface area contributed by atoms with Gasteiger partial charge in [0.1, 0.15) is 11.9 Å². The molecule has 19 heavy (non-hydrogen) atoms. The Morgan fingerprint density at radius 3 is 2.58 bits per heavy atom. The molecule has 1 aromatic carbocycles. The van der Waals surface area contributed by atoms with Crippen LogP contribution in [0.1, 0.15) is 33.1 Å². The van der Waals surface area contributed by atoms with Gasteiger partial charge in [0.15, 0.2) is 11.5 Å². The highest BCUT2D eigenvalue weighted by atomic mass is 16.5. The van der Waals surface area contributed by atoms with Gasteiger partial charge in [0.25, 0.3) is 0 Å². The van der Waals surface area contributed by atoms with Crippen LogP contribution in [0.2, 0.25) is 0 Å². The van der Waals surface area contributed by atoms with Gasteiger partial charge in [-0.15, -0.1) is 0 Å². The molecule has 0 saturated heterocycles. The van der Waals surface area contributed by atoms with Gasteiger partial charge in [0, 0.05) is 6.42 Å². The fourth-order valence-electron chi connectivity index (χ4n) is 1.60. The lowest BCUT2D eigenvalue weighted by Gasteiger charge is -2.19. The molecule has 0 aliphatic heterocycles. The van der Waals surface area contributed by atoms with Gasteiger partial charge in [-0.25, -0.2) is 0 Å². The summed E-state index contributed by atoms with van der Waals surface area (Å²) in [6.45, 7) is 4.69. The quantitative estimate of drug-likeness (QED) is 0.328. The SMILES string of the molecule is CCCOc1ccccc1OC(CC)C/C(N)=N/O. The summed E-state index contributed by atoms with van der Waals surface area (Å²) < 4.78 is 11.5. The average Bonchev–Trinajstić information content (AvgIpc) is 2.45. The molecule has 0 radical (unpaired) electrons. The van der Waals surface area contributed by atoms with E-state index in [-0.39, 0.29) is 11.9 Å². The first-order valence-corrected chi connectivity index (χ1v) is 6.56. The van der Waals surface area contributed by atoms with Crippen LogP contribution in [0, 0.1) is 0 Å². The molecule has 0 fully saturated rings. The Labute approximate surface area is 114 Å². The van der Waals surface area contributed by atoms with Crippen molar-refractivity contribution in [3.05, 3.63) is 24.3 Å². The van der Waals surface area contributed by atoms with E-state index in [9.17, 15) is 0 Å². The van der Waals surface area contributed by atoms with E-state index in [0.717, 1.165) is 18.6 Å². The van der Waals surface area contributed by atoms with Crippen LogP contribution in [-0.4, -0.2) is 23.8 Å². The third-order valence-corrected chi connectivity index (χ3v) is 2.63. The van der Waals surface area contributed by atoms with E-state index in [1.54, 1.807) is 0 Å². The van der Waals surface area contributed by atoms with Gasteiger partial charge in [0.05, 0.1) is 6.61 Å². The fraction of sp³-hybridized carbons (Fsp3) is 0.500. The average molecular weight is 266 g/mol. The first-order valence-electron chi connectivity index (χ1n) is 6.56. The maximum Gasteiger partial charge on any atom is 0.161 e. The lowest BCUT2D eigenvalue weighted by atomic mass is 10.2. The second-order valence-corrected chi connectivity index (χ2v) is 4.24. The molecule has 106 valence electrons. The molecule has 1 rings (SSSR count). The van der Waals surface area contributed by atoms with Crippen LogP contribution >= 0.6 is 0 Å². The van der Waals surface area contributed by atoms with Crippen LogP contribution in [0.25, 0.3) is 0 Å². The van der Waals surface area contributed by atoms with E-state index in [2.05, 4.69) is 12.1 Å². The van der Waals surface area contributed by atoms with Crippen LogP contribution in [0.4, 0.5) is 0 Å². The van der Waals surface area contributed by atoms with Crippen molar-refractivity contribution in [2.45, 2.75) is 39.2 Å². The van der Waals surface area contributed by atoms with Crippen molar-refractivity contribution >= 4 is 5.84 Å². The van der Waals surface area contributed by atoms with E-state index < -0.39 is 0 Å². The first-order chi connectivity index (χ1) is 9.21. The number of oxime groups is 1.